The molecule has 1 aliphatic heterocycles. The van der Waals surface area contributed by atoms with Crippen molar-refractivity contribution >= 4 is 53.3 Å². The maximum absolute atomic E-state index is 13.6. The first-order valence-corrected chi connectivity index (χ1v) is 17.9. The largest absolute Gasteiger partial charge is 0.481 e. The fraction of sp³-hybridized carbons (Fsp3) is 0.727. The van der Waals surface area contributed by atoms with Crippen molar-refractivity contribution in [2.75, 3.05) is 13.1 Å². The van der Waals surface area contributed by atoms with E-state index in [0.717, 1.165) is 4.90 Å². The molecule has 0 aromatic heterocycles. The summed E-state index contributed by atoms with van der Waals surface area (Å²) in [5, 5.41) is 32.4. The van der Waals surface area contributed by atoms with E-state index in [0.29, 0.717) is 6.42 Å². The van der Waals surface area contributed by atoms with E-state index in [1.807, 2.05) is 0 Å². The number of carbonyl (C=O) groups excluding carboxylic acids is 7. The lowest BCUT2D eigenvalue weighted by molar-refractivity contribution is -0.144. The van der Waals surface area contributed by atoms with E-state index >= 15 is 0 Å². The number of aliphatic carboxylic acids is 1. The van der Waals surface area contributed by atoms with Gasteiger partial charge in [-0.1, -0.05) is 27.7 Å². The van der Waals surface area contributed by atoms with Crippen molar-refractivity contribution in [3.05, 3.63) is 0 Å². The van der Waals surface area contributed by atoms with E-state index in [9.17, 15) is 48.6 Å². The summed E-state index contributed by atoms with van der Waals surface area (Å²) in [6.45, 7) is 9.62. The number of carbonyl (C=O) groups is 8. The fourth-order valence-corrected chi connectivity index (χ4v) is 5.59. The first kappa shape index (κ1) is 47.0. The van der Waals surface area contributed by atoms with Crippen molar-refractivity contribution < 1.29 is 48.6 Å². The molecule has 1 rings (SSSR count). The van der Waals surface area contributed by atoms with E-state index in [-0.39, 0.29) is 50.7 Å². The van der Waals surface area contributed by atoms with E-state index in [2.05, 4.69) is 31.6 Å². The molecule has 0 unspecified atom stereocenters. The Bertz CT molecular complexity index is 1390. The Labute approximate surface area is 314 Å². The van der Waals surface area contributed by atoms with E-state index in [4.69, 9.17) is 22.9 Å². The SMILES string of the molecule is CC(C)C[C@@H](NC(=O)[C@@H](CCC(=O)O)NC(=O)[C@H](NC(=O)[C@@H]([C@H](C)O)N1CC[C@@H](NC(=O)[C@H](N)CCCN=C(N)N)C1=O)C(C)C)C(=O)N[C@H](C)C(N)=O. The number of nitrogens with two attached hydrogens (primary N) is 4. The van der Waals surface area contributed by atoms with E-state index < -0.39 is 108 Å². The van der Waals surface area contributed by atoms with Gasteiger partial charge in [-0.2, -0.15) is 0 Å². The zero-order valence-electron chi connectivity index (χ0n) is 31.8. The van der Waals surface area contributed by atoms with Crippen LogP contribution in [0.1, 0.15) is 80.1 Å². The number of aliphatic hydroxyl groups excluding tert-OH is 1. The summed E-state index contributed by atoms with van der Waals surface area (Å²) in [4.78, 5) is 108. The van der Waals surface area contributed by atoms with Crippen LogP contribution in [0.2, 0.25) is 0 Å². The van der Waals surface area contributed by atoms with Gasteiger partial charge in [-0.3, -0.25) is 43.3 Å². The van der Waals surface area contributed by atoms with Gasteiger partial charge in [-0.05, 0) is 57.8 Å². The molecule has 0 radical (unpaired) electrons. The second-order valence-corrected chi connectivity index (χ2v) is 14.2. The summed E-state index contributed by atoms with van der Waals surface area (Å²) in [5.41, 5.74) is 21.8. The van der Waals surface area contributed by atoms with Gasteiger partial charge in [0.2, 0.25) is 41.4 Å². The number of aliphatic imine (C=N–C) groups is 1. The van der Waals surface area contributed by atoms with Gasteiger partial charge in [-0.15, -0.1) is 0 Å². The molecule has 15 N–H and O–H groups in total. The van der Waals surface area contributed by atoms with E-state index in [1.54, 1.807) is 27.7 Å². The van der Waals surface area contributed by atoms with Crippen LogP contribution in [0.5, 0.6) is 0 Å². The number of primary amides is 1. The average Bonchev–Trinajstić information content (AvgIpc) is 3.40. The second kappa shape index (κ2) is 22.2. The van der Waals surface area contributed by atoms with Gasteiger partial charge in [0.1, 0.15) is 36.3 Å². The Morgan fingerprint density at radius 3 is 1.94 bits per heavy atom. The van der Waals surface area contributed by atoms with Gasteiger partial charge < -0.3 is 64.6 Å². The lowest BCUT2D eigenvalue weighted by Crippen LogP contribution is -2.61. The molecular formula is C33H59N11O10. The van der Waals surface area contributed by atoms with Crippen molar-refractivity contribution in [2.24, 2.45) is 39.8 Å². The summed E-state index contributed by atoms with van der Waals surface area (Å²) in [7, 11) is 0. The number of hydrogen-bond acceptors (Lipinski definition) is 11. The molecule has 54 heavy (non-hydrogen) atoms. The third-order valence-electron chi connectivity index (χ3n) is 8.57. The van der Waals surface area contributed by atoms with Crippen LogP contribution in [-0.4, -0.2) is 130 Å². The molecule has 1 heterocycles. The average molecular weight is 770 g/mol. The van der Waals surface area contributed by atoms with Crippen LogP contribution in [0.3, 0.4) is 0 Å². The summed E-state index contributed by atoms with van der Waals surface area (Å²) < 4.78 is 0. The van der Waals surface area contributed by atoms with Crippen molar-refractivity contribution in [1.82, 2.24) is 31.5 Å². The van der Waals surface area contributed by atoms with Gasteiger partial charge >= 0.3 is 5.97 Å². The van der Waals surface area contributed by atoms with E-state index in [1.165, 1.54) is 13.8 Å². The second-order valence-electron chi connectivity index (χ2n) is 14.2. The molecular weight excluding hydrogens is 710 g/mol. The zero-order chi connectivity index (χ0) is 41.4. The van der Waals surface area contributed by atoms with Crippen LogP contribution in [0.15, 0.2) is 4.99 Å². The Morgan fingerprint density at radius 1 is 0.833 bits per heavy atom. The summed E-state index contributed by atoms with van der Waals surface area (Å²) in [6.07, 6.45) is -1.48. The quantitative estimate of drug-likeness (QED) is 0.0267. The highest BCUT2D eigenvalue weighted by Crippen LogP contribution is 2.19. The highest BCUT2D eigenvalue weighted by atomic mass is 16.4. The van der Waals surface area contributed by atoms with Gasteiger partial charge in [-0.25, -0.2) is 0 Å². The molecule has 0 saturated carbocycles. The first-order chi connectivity index (χ1) is 25.1. The maximum atomic E-state index is 13.6. The third-order valence-corrected chi connectivity index (χ3v) is 8.57. The molecule has 306 valence electrons. The van der Waals surface area contributed by atoms with Crippen LogP contribution in [0.25, 0.3) is 0 Å². The number of nitrogens with one attached hydrogen (secondary N) is 5. The Hall–Kier alpha value is -5.05. The number of carboxylic acid groups (broad SMARTS) is 1. The number of likely N-dealkylation sites (tertiary alicyclic amines) is 1. The van der Waals surface area contributed by atoms with Gasteiger partial charge in [0.25, 0.3) is 0 Å². The van der Waals surface area contributed by atoms with Gasteiger partial charge in [0, 0.05) is 19.5 Å². The molecule has 0 aromatic rings. The molecule has 0 bridgehead atoms. The number of amides is 7. The third kappa shape index (κ3) is 15.5. The minimum absolute atomic E-state index is 0.0220. The Balaban J connectivity index is 3.14. The lowest BCUT2D eigenvalue weighted by atomic mass is 10.00. The standard InChI is InChI=1S/C33H59N11O10/c1-15(2)14-22(29(51)39-17(5)26(35)48)42-28(50)20(9-10-23(46)47)40-30(52)24(16(3)4)43-31(53)25(18(6)45)44-13-11-21(32(44)54)41-27(49)19(34)8-7-12-38-33(36)37/h15-22,24-25,45H,7-14,34H2,1-6H3,(H2,35,48)(H,39,51)(H,40,52)(H,41,49)(H,42,50)(H,43,53)(H,46,47)(H4,36,37,38)/t17-,18+,19-,20-,21-,22-,24-,25-/m1/s1. The molecule has 21 heteroatoms. The zero-order valence-corrected chi connectivity index (χ0v) is 31.8. The Kier molecular flexibility index (Phi) is 19.3. The van der Waals surface area contributed by atoms with Gasteiger partial charge in [0.15, 0.2) is 5.96 Å². The van der Waals surface area contributed by atoms with Crippen LogP contribution < -0.4 is 49.5 Å². The number of guanidine groups is 1. The number of hydrogen-bond donors (Lipinski definition) is 11. The molecule has 1 fully saturated rings. The monoisotopic (exact) mass is 769 g/mol. The molecule has 8 atom stereocenters. The molecule has 7 amide bonds. The van der Waals surface area contributed by atoms with Gasteiger partial charge in [0.05, 0.1) is 12.1 Å². The molecule has 21 nitrogen and oxygen atoms in total. The minimum Gasteiger partial charge on any atom is -0.481 e. The van der Waals surface area contributed by atoms with Crippen LogP contribution in [0.4, 0.5) is 0 Å². The molecule has 1 saturated heterocycles. The molecule has 1 aliphatic rings. The van der Waals surface area contributed by atoms with Crippen molar-refractivity contribution in [3.63, 3.8) is 0 Å². The highest BCUT2D eigenvalue weighted by Gasteiger charge is 2.43. The summed E-state index contributed by atoms with van der Waals surface area (Å²) in [5.74, 6) is -7.56. The summed E-state index contributed by atoms with van der Waals surface area (Å²) in [6, 6.07) is -8.51. The van der Waals surface area contributed by atoms with Crippen LogP contribution in [-0.2, 0) is 38.4 Å². The van der Waals surface area contributed by atoms with Crippen molar-refractivity contribution in [1.29, 1.82) is 0 Å². The molecule has 0 aromatic carbocycles. The van der Waals surface area contributed by atoms with Crippen molar-refractivity contribution in [3.8, 4) is 0 Å². The Morgan fingerprint density at radius 2 is 1.43 bits per heavy atom. The predicted octanol–water partition coefficient (Wildman–Crippen LogP) is -4.15. The normalized spacial score (nSPS) is 18.0. The maximum Gasteiger partial charge on any atom is 0.303 e. The minimum atomic E-state index is -1.48. The molecule has 0 aliphatic carbocycles. The predicted molar refractivity (Wildman–Crippen MR) is 195 cm³/mol. The molecule has 0 spiro atoms. The van der Waals surface area contributed by atoms with Crippen LogP contribution >= 0.6 is 0 Å². The smallest absolute Gasteiger partial charge is 0.303 e. The number of rotatable bonds is 23. The topological polar surface area (TPSA) is 357 Å². The number of nitrogens with zero attached hydrogens (tertiary/aromatic N) is 2. The first-order valence-electron chi connectivity index (χ1n) is 17.9. The number of aliphatic hydroxyl groups is 1. The van der Waals surface area contributed by atoms with Crippen LogP contribution in [0, 0.1) is 11.8 Å². The fourth-order valence-electron chi connectivity index (χ4n) is 5.59. The highest BCUT2D eigenvalue weighted by molar-refractivity contribution is 5.98. The lowest BCUT2D eigenvalue weighted by Gasteiger charge is -2.32. The summed E-state index contributed by atoms with van der Waals surface area (Å²) >= 11 is 0. The van der Waals surface area contributed by atoms with Crippen molar-refractivity contribution in [2.45, 2.75) is 128 Å². The number of carboxylic acids is 1.